The van der Waals surface area contributed by atoms with E-state index in [0.717, 1.165) is 44.2 Å². The Morgan fingerprint density at radius 3 is 1.69 bits per heavy atom. The van der Waals surface area contributed by atoms with Crippen molar-refractivity contribution in [3.05, 3.63) is 95.6 Å². The Morgan fingerprint density at radius 2 is 1.10 bits per heavy atom. The number of ether oxygens (including phenoxy) is 13. The second-order valence-electron chi connectivity index (χ2n) is 19.4. The van der Waals surface area contributed by atoms with E-state index >= 15 is 0 Å². The normalized spacial score (nSPS) is 33.3. The summed E-state index contributed by atoms with van der Waals surface area (Å²) in [5.41, 5.74) is 0.267. The van der Waals surface area contributed by atoms with Crippen LogP contribution in [0.3, 0.4) is 0 Å². The van der Waals surface area contributed by atoms with Crippen molar-refractivity contribution < 1.29 is 147 Å². The van der Waals surface area contributed by atoms with Crippen LogP contribution in [0.5, 0.6) is 23.0 Å². The van der Waals surface area contributed by atoms with Gasteiger partial charge in [-0.3, -0.25) is 9.59 Å². The Labute approximate surface area is 476 Å². The number of aliphatic hydroxyl groups is 9. The van der Waals surface area contributed by atoms with Crippen molar-refractivity contribution in [2.24, 2.45) is 0 Å². The molecule has 4 aliphatic heterocycles. The summed E-state index contributed by atoms with van der Waals surface area (Å²) in [6, 6.07) is 14.5. The minimum absolute atomic E-state index is 0.00828. The lowest BCUT2D eigenvalue weighted by atomic mass is 9.95. The zero-order valence-corrected chi connectivity index (χ0v) is 44.8. The summed E-state index contributed by atoms with van der Waals surface area (Å²) in [6.07, 6.45) is -34.3. The van der Waals surface area contributed by atoms with Gasteiger partial charge in [0.2, 0.25) is 5.79 Å². The topological polar surface area (TPSA) is 448 Å². The first kappa shape index (κ1) is 64.6. The number of phenols is 3. The lowest BCUT2D eigenvalue weighted by molar-refractivity contribution is -0.421. The number of methoxy groups -OCH3 is 1. The van der Waals surface area contributed by atoms with E-state index < -0.39 is 191 Å². The summed E-state index contributed by atoms with van der Waals surface area (Å²) < 4.78 is 76.3. The molecule has 0 saturated carbocycles. The van der Waals surface area contributed by atoms with Gasteiger partial charge in [0.1, 0.15) is 99.2 Å². The Kier molecular flexibility index (Phi) is 22.1. The van der Waals surface area contributed by atoms with E-state index in [2.05, 4.69) is 0 Å². The van der Waals surface area contributed by atoms with Gasteiger partial charge < -0.3 is 123 Å². The lowest BCUT2D eigenvalue weighted by Crippen LogP contribution is -2.69. The van der Waals surface area contributed by atoms with Crippen molar-refractivity contribution in [1.29, 1.82) is 0 Å². The number of phenolic OH excluding ortho intramolecular Hbond substituents is 3. The van der Waals surface area contributed by atoms with Gasteiger partial charge in [-0.25, -0.2) is 14.4 Å². The standard InChI is InChI=1S/C54H64O30/c1-24(57)73-21-35-40(65)43(68)45(70)52(77-35)80-47-46(79-38(63)16-12-27-10-14-30(60)32(18-27)72-3)36(22-74-25(2)58)78-53(48(47)81-51-44(69)42(67)39(64)33(19-55)76-51)84-54(23-75-37(62)15-11-26-9-13-29(59)31(61)17-26)49(41(66)34(20-56)83-54)82-50(71)28-7-5-4-6-8-28/h4-18,33-36,39-49,51-53,55-56,59-61,64-70H,19-23H2,1-3H3/b15-11+,16-12+/t33-,34-,35-,36-,39-,40-,41-,42+,43+,44-,45-,46-,47+,48-,49+,51+,52+,53-,54+/m1/s1. The largest absolute Gasteiger partial charge is 0.504 e. The molecular weight excluding hydrogens is 1130 g/mol. The second kappa shape index (κ2) is 28.8. The van der Waals surface area contributed by atoms with Gasteiger partial charge in [0.05, 0.1) is 25.9 Å². The third kappa shape index (κ3) is 15.5. The Morgan fingerprint density at radius 1 is 0.548 bits per heavy atom. The van der Waals surface area contributed by atoms with Crippen LogP contribution in [-0.4, -0.2) is 247 Å². The number of hydrogen-bond donors (Lipinski definition) is 12. The van der Waals surface area contributed by atoms with Crippen LogP contribution in [0.2, 0.25) is 0 Å². The first-order valence-electron chi connectivity index (χ1n) is 25.7. The van der Waals surface area contributed by atoms with Crippen LogP contribution in [0.1, 0.15) is 35.3 Å². The molecule has 3 aromatic carbocycles. The zero-order valence-electron chi connectivity index (χ0n) is 44.8. The third-order valence-corrected chi connectivity index (χ3v) is 13.5. The molecule has 30 heteroatoms. The van der Waals surface area contributed by atoms with Crippen molar-refractivity contribution in [2.75, 3.05) is 40.1 Å². The average Bonchev–Trinajstić information content (AvgIpc) is 1.97. The highest BCUT2D eigenvalue weighted by Gasteiger charge is 2.64. The van der Waals surface area contributed by atoms with Crippen LogP contribution in [0.25, 0.3) is 12.2 Å². The third-order valence-electron chi connectivity index (χ3n) is 13.5. The number of carbonyl (C=O) groups excluding carboxylic acids is 5. The van der Waals surface area contributed by atoms with Crippen LogP contribution in [0, 0.1) is 0 Å². The van der Waals surface area contributed by atoms with E-state index in [4.69, 9.17) is 61.6 Å². The maximum absolute atomic E-state index is 14.2. The molecule has 460 valence electrons. The van der Waals surface area contributed by atoms with E-state index in [9.17, 15) is 85.3 Å². The molecule has 12 N–H and O–H groups in total. The molecule has 4 saturated heterocycles. The summed E-state index contributed by atoms with van der Waals surface area (Å²) in [7, 11) is 1.26. The molecule has 0 radical (unpaired) electrons. The number of aromatic hydroxyl groups is 3. The van der Waals surface area contributed by atoms with Gasteiger partial charge in [-0.05, 0) is 59.7 Å². The lowest BCUT2D eigenvalue weighted by Gasteiger charge is -2.50. The number of benzene rings is 3. The maximum atomic E-state index is 14.2. The van der Waals surface area contributed by atoms with Gasteiger partial charge in [-0.2, -0.15) is 0 Å². The number of esters is 5. The molecule has 7 rings (SSSR count). The van der Waals surface area contributed by atoms with E-state index in [0.29, 0.717) is 0 Å². The van der Waals surface area contributed by atoms with Crippen LogP contribution in [0.15, 0.2) is 78.9 Å². The highest BCUT2D eigenvalue weighted by atomic mass is 16.8. The van der Waals surface area contributed by atoms with Crippen molar-refractivity contribution in [3.63, 3.8) is 0 Å². The summed E-state index contributed by atoms with van der Waals surface area (Å²) in [5.74, 6) is -9.87. The predicted molar refractivity (Wildman–Crippen MR) is 273 cm³/mol. The first-order valence-corrected chi connectivity index (χ1v) is 25.7. The van der Waals surface area contributed by atoms with Gasteiger partial charge in [0.25, 0.3) is 0 Å². The molecule has 0 spiro atoms. The Hall–Kier alpha value is -6.95. The molecule has 19 atom stereocenters. The highest BCUT2D eigenvalue weighted by molar-refractivity contribution is 5.90. The second-order valence-corrected chi connectivity index (χ2v) is 19.4. The van der Waals surface area contributed by atoms with Crippen molar-refractivity contribution in [3.8, 4) is 23.0 Å². The maximum Gasteiger partial charge on any atom is 0.338 e. The molecule has 0 unspecified atom stereocenters. The van der Waals surface area contributed by atoms with Crippen LogP contribution >= 0.6 is 0 Å². The molecule has 0 aliphatic carbocycles. The average molecular weight is 1190 g/mol. The molecule has 4 heterocycles. The summed E-state index contributed by atoms with van der Waals surface area (Å²) in [5, 5.41) is 130. The van der Waals surface area contributed by atoms with Gasteiger partial charge >= 0.3 is 29.8 Å². The van der Waals surface area contributed by atoms with Crippen molar-refractivity contribution >= 4 is 42.0 Å². The van der Waals surface area contributed by atoms with Crippen LogP contribution in [0.4, 0.5) is 0 Å². The number of hydrogen-bond acceptors (Lipinski definition) is 30. The van der Waals surface area contributed by atoms with E-state index in [-0.39, 0.29) is 28.2 Å². The predicted octanol–water partition coefficient (Wildman–Crippen LogP) is -3.09. The number of carbonyl (C=O) groups is 5. The fourth-order valence-electron chi connectivity index (χ4n) is 9.12. The Bertz CT molecular complexity index is 2790. The SMILES string of the molecule is COc1cc(/C=C/C(=O)O[C@H]2[C@H](O[C@@H]3O[C@H](COC(C)=O)[C@@H](O)[C@H](O)[C@H]3O)[C@@H](O[C@@H]3O[C@H](CO)[C@@H](O)[C@H](O)[C@H]3O)[C@@H](O[C@]3(COC(=O)/C=C/c4ccc(O)c(O)c4)O[C@H](CO)[C@@H](O)[C@@H]3OC(=O)c3ccccc3)O[C@@H]2COC(C)=O)ccc1O. The van der Waals surface area contributed by atoms with Crippen LogP contribution in [-0.2, 0) is 76.0 Å². The van der Waals surface area contributed by atoms with Gasteiger partial charge in [-0.1, -0.05) is 30.3 Å². The molecule has 0 amide bonds. The summed E-state index contributed by atoms with van der Waals surface area (Å²) in [4.78, 5) is 66.4. The molecular formula is C54H64O30. The highest BCUT2D eigenvalue weighted by Crippen LogP contribution is 2.42. The van der Waals surface area contributed by atoms with E-state index in [1.165, 1.54) is 61.7 Å². The van der Waals surface area contributed by atoms with E-state index in [1.54, 1.807) is 6.07 Å². The Balaban J connectivity index is 1.40. The van der Waals surface area contributed by atoms with Gasteiger partial charge in [-0.15, -0.1) is 0 Å². The molecule has 0 aromatic heterocycles. The first-order chi connectivity index (χ1) is 40.0. The molecule has 84 heavy (non-hydrogen) atoms. The fourth-order valence-corrected chi connectivity index (χ4v) is 9.12. The number of rotatable bonds is 22. The van der Waals surface area contributed by atoms with Crippen LogP contribution < -0.4 is 4.74 Å². The fraction of sp³-hybridized carbons (Fsp3) is 0.500. The number of aliphatic hydroxyl groups excluding tert-OH is 9. The van der Waals surface area contributed by atoms with Gasteiger partial charge in [0.15, 0.2) is 54.1 Å². The summed E-state index contributed by atoms with van der Waals surface area (Å²) in [6.45, 7) is -3.17. The van der Waals surface area contributed by atoms with Gasteiger partial charge in [0, 0.05) is 26.0 Å². The summed E-state index contributed by atoms with van der Waals surface area (Å²) >= 11 is 0. The van der Waals surface area contributed by atoms with Crippen molar-refractivity contribution in [2.45, 2.75) is 130 Å². The molecule has 0 bridgehead atoms. The minimum atomic E-state index is -2.97. The minimum Gasteiger partial charge on any atom is -0.504 e. The smallest absolute Gasteiger partial charge is 0.338 e. The monoisotopic (exact) mass is 1190 g/mol. The zero-order chi connectivity index (χ0) is 61.2. The quantitative estimate of drug-likeness (QED) is 0.0205. The molecule has 4 aliphatic rings. The molecule has 3 aromatic rings. The molecule has 4 fully saturated rings. The van der Waals surface area contributed by atoms with Crippen molar-refractivity contribution in [1.82, 2.24) is 0 Å². The molecule has 30 nitrogen and oxygen atoms in total. The van der Waals surface area contributed by atoms with E-state index in [1.807, 2.05) is 0 Å².